The van der Waals surface area contributed by atoms with Gasteiger partial charge in [-0.3, -0.25) is 4.79 Å². The number of carbonyl (C=O) groups excluding carboxylic acids is 1. The Balaban J connectivity index is 2.09. The largest absolute Gasteiger partial charge is 0.325 e. The second-order valence-electron chi connectivity index (χ2n) is 4.46. The topological polar surface area (TPSA) is 29.1 Å². The highest BCUT2D eigenvalue weighted by molar-refractivity contribution is 9.10. The van der Waals surface area contributed by atoms with Crippen LogP contribution in [-0.4, -0.2) is 5.91 Å². The van der Waals surface area contributed by atoms with Gasteiger partial charge in [-0.15, -0.1) is 0 Å². The van der Waals surface area contributed by atoms with E-state index in [1.807, 2.05) is 25.1 Å². The Morgan fingerprint density at radius 2 is 1.90 bits per heavy atom. The number of anilines is 1. The van der Waals surface area contributed by atoms with E-state index in [4.69, 9.17) is 0 Å². The summed E-state index contributed by atoms with van der Waals surface area (Å²) in [6.45, 7) is 1.91. The van der Waals surface area contributed by atoms with Gasteiger partial charge >= 0.3 is 0 Å². The number of hydrogen-bond acceptors (Lipinski definition) is 1. The maximum absolute atomic E-state index is 13.1. The first-order valence-electron chi connectivity index (χ1n) is 5.95. The van der Waals surface area contributed by atoms with E-state index in [2.05, 4.69) is 21.2 Å². The fraction of sp³-hybridized carbons (Fsp3) is 0.133. The van der Waals surface area contributed by atoms with Crippen LogP contribution in [0, 0.1) is 18.6 Å². The molecule has 0 spiro atoms. The average Bonchev–Trinajstić information content (AvgIpc) is 2.38. The molecule has 2 aromatic carbocycles. The lowest BCUT2D eigenvalue weighted by molar-refractivity contribution is -0.115. The van der Waals surface area contributed by atoms with Crippen molar-refractivity contribution in [2.24, 2.45) is 0 Å². The summed E-state index contributed by atoms with van der Waals surface area (Å²) in [5, 5.41) is 2.73. The minimum atomic E-state index is -0.952. The molecule has 104 valence electrons. The molecule has 5 heteroatoms. The van der Waals surface area contributed by atoms with Gasteiger partial charge < -0.3 is 5.32 Å². The van der Waals surface area contributed by atoms with Crippen LogP contribution in [0.15, 0.2) is 40.9 Å². The van der Waals surface area contributed by atoms with Crippen molar-refractivity contribution in [2.75, 3.05) is 5.32 Å². The number of carbonyl (C=O) groups is 1. The summed E-state index contributed by atoms with van der Waals surface area (Å²) >= 11 is 3.34. The summed E-state index contributed by atoms with van der Waals surface area (Å²) in [5.41, 5.74) is 2.08. The molecule has 0 unspecified atom stereocenters. The highest BCUT2D eigenvalue weighted by Crippen LogP contribution is 2.23. The Hall–Kier alpha value is -1.75. The zero-order chi connectivity index (χ0) is 14.7. The Labute approximate surface area is 123 Å². The SMILES string of the molecule is Cc1ccc(Br)c(NC(=O)Cc2ccc(F)c(F)c2)c1. The molecule has 1 amide bonds. The summed E-state index contributed by atoms with van der Waals surface area (Å²) in [5.74, 6) is -2.16. The van der Waals surface area contributed by atoms with Crippen LogP contribution in [0.5, 0.6) is 0 Å². The molecule has 0 radical (unpaired) electrons. The monoisotopic (exact) mass is 339 g/mol. The van der Waals surface area contributed by atoms with E-state index in [0.717, 1.165) is 22.2 Å². The molecule has 0 aliphatic carbocycles. The van der Waals surface area contributed by atoms with Crippen LogP contribution >= 0.6 is 15.9 Å². The highest BCUT2D eigenvalue weighted by atomic mass is 79.9. The van der Waals surface area contributed by atoms with Gasteiger partial charge in [-0.1, -0.05) is 12.1 Å². The normalized spacial score (nSPS) is 10.4. The van der Waals surface area contributed by atoms with Crippen LogP contribution in [-0.2, 0) is 11.2 Å². The minimum Gasteiger partial charge on any atom is -0.325 e. The maximum atomic E-state index is 13.1. The summed E-state index contributed by atoms with van der Waals surface area (Å²) in [6.07, 6.45) is -0.0163. The Kier molecular flexibility index (Phi) is 4.49. The van der Waals surface area contributed by atoms with Gasteiger partial charge in [0.1, 0.15) is 0 Å². The van der Waals surface area contributed by atoms with Crippen LogP contribution in [0.3, 0.4) is 0 Å². The third-order valence-electron chi connectivity index (χ3n) is 2.74. The lowest BCUT2D eigenvalue weighted by Crippen LogP contribution is -2.15. The smallest absolute Gasteiger partial charge is 0.228 e. The molecule has 0 saturated carbocycles. The van der Waals surface area contributed by atoms with E-state index >= 15 is 0 Å². The van der Waals surface area contributed by atoms with Crippen molar-refractivity contribution in [3.8, 4) is 0 Å². The molecule has 2 nitrogen and oxygen atoms in total. The van der Waals surface area contributed by atoms with Crippen molar-refractivity contribution < 1.29 is 13.6 Å². The first kappa shape index (κ1) is 14.7. The molecule has 1 N–H and O–H groups in total. The van der Waals surface area contributed by atoms with E-state index in [1.54, 1.807) is 0 Å². The number of halogens is 3. The average molecular weight is 340 g/mol. The first-order valence-corrected chi connectivity index (χ1v) is 6.75. The fourth-order valence-electron chi connectivity index (χ4n) is 1.76. The molecule has 0 fully saturated rings. The lowest BCUT2D eigenvalue weighted by atomic mass is 10.1. The fourth-order valence-corrected chi connectivity index (χ4v) is 2.11. The van der Waals surface area contributed by atoms with Crippen molar-refractivity contribution >= 4 is 27.5 Å². The first-order chi connectivity index (χ1) is 9.45. The Morgan fingerprint density at radius 1 is 1.15 bits per heavy atom. The van der Waals surface area contributed by atoms with Gasteiger partial charge in [0, 0.05) is 4.47 Å². The summed E-state index contributed by atoms with van der Waals surface area (Å²) in [6, 6.07) is 9.01. The van der Waals surface area contributed by atoms with Gasteiger partial charge in [0.05, 0.1) is 12.1 Å². The van der Waals surface area contributed by atoms with E-state index < -0.39 is 11.6 Å². The zero-order valence-electron chi connectivity index (χ0n) is 10.7. The Morgan fingerprint density at radius 3 is 2.60 bits per heavy atom. The number of aryl methyl sites for hydroxylation is 1. The molecular weight excluding hydrogens is 328 g/mol. The van der Waals surface area contributed by atoms with Crippen molar-refractivity contribution in [2.45, 2.75) is 13.3 Å². The molecule has 0 aliphatic rings. The molecular formula is C15H12BrF2NO. The third-order valence-corrected chi connectivity index (χ3v) is 3.44. The van der Waals surface area contributed by atoms with Gasteiger partial charge in [-0.2, -0.15) is 0 Å². The van der Waals surface area contributed by atoms with E-state index in [1.165, 1.54) is 6.07 Å². The standard InChI is InChI=1S/C15H12BrF2NO/c1-9-2-4-11(16)14(6-9)19-15(20)8-10-3-5-12(17)13(18)7-10/h2-7H,8H2,1H3,(H,19,20). The van der Waals surface area contributed by atoms with Crippen molar-refractivity contribution in [3.05, 3.63) is 63.6 Å². The van der Waals surface area contributed by atoms with Crippen molar-refractivity contribution in [1.82, 2.24) is 0 Å². The van der Waals surface area contributed by atoms with Gasteiger partial charge in [-0.25, -0.2) is 8.78 Å². The molecule has 0 aromatic heterocycles. The van der Waals surface area contributed by atoms with E-state index in [9.17, 15) is 13.6 Å². The van der Waals surface area contributed by atoms with Crippen LogP contribution in [0.1, 0.15) is 11.1 Å². The second-order valence-corrected chi connectivity index (χ2v) is 5.31. The predicted molar refractivity (Wildman–Crippen MR) is 77.6 cm³/mol. The molecule has 20 heavy (non-hydrogen) atoms. The number of nitrogens with one attached hydrogen (secondary N) is 1. The minimum absolute atomic E-state index is 0.0163. The second kappa shape index (κ2) is 6.13. The van der Waals surface area contributed by atoms with Crippen molar-refractivity contribution in [3.63, 3.8) is 0 Å². The third kappa shape index (κ3) is 3.63. The van der Waals surface area contributed by atoms with Crippen molar-refractivity contribution in [1.29, 1.82) is 0 Å². The van der Waals surface area contributed by atoms with Gasteiger partial charge in [-0.05, 0) is 58.2 Å². The van der Waals surface area contributed by atoms with Crippen LogP contribution in [0.2, 0.25) is 0 Å². The van der Waals surface area contributed by atoms with Gasteiger partial charge in [0.25, 0.3) is 0 Å². The molecule has 0 saturated heterocycles. The molecule has 0 atom stereocenters. The van der Waals surface area contributed by atoms with E-state index in [0.29, 0.717) is 11.3 Å². The van der Waals surface area contributed by atoms with Crippen LogP contribution in [0.4, 0.5) is 14.5 Å². The van der Waals surface area contributed by atoms with Crippen LogP contribution < -0.4 is 5.32 Å². The Bertz CT molecular complexity index is 658. The number of amides is 1. The summed E-state index contributed by atoms with van der Waals surface area (Å²) < 4.78 is 26.6. The van der Waals surface area contributed by atoms with Crippen LogP contribution in [0.25, 0.3) is 0 Å². The molecule has 0 heterocycles. The lowest BCUT2D eigenvalue weighted by Gasteiger charge is -2.08. The summed E-state index contributed by atoms with van der Waals surface area (Å²) in [7, 11) is 0. The van der Waals surface area contributed by atoms with E-state index in [-0.39, 0.29) is 12.3 Å². The number of rotatable bonds is 3. The van der Waals surface area contributed by atoms with Gasteiger partial charge in [0.2, 0.25) is 5.91 Å². The zero-order valence-corrected chi connectivity index (χ0v) is 12.3. The number of benzene rings is 2. The highest BCUT2D eigenvalue weighted by Gasteiger charge is 2.09. The molecule has 0 aliphatic heterocycles. The van der Waals surface area contributed by atoms with Gasteiger partial charge in [0.15, 0.2) is 11.6 Å². The maximum Gasteiger partial charge on any atom is 0.228 e. The quantitative estimate of drug-likeness (QED) is 0.891. The summed E-state index contributed by atoms with van der Waals surface area (Å²) in [4.78, 5) is 11.9. The molecule has 2 rings (SSSR count). The number of hydrogen-bond donors (Lipinski definition) is 1. The predicted octanol–water partition coefficient (Wildman–Crippen LogP) is 4.22. The molecule has 0 bridgehead atoms. The molecule has 2 aromatic rings.